The third-order valence-corrected chi connectivity index (χ3v) is 0.691. The van der Waals surface area contributed by atoms with Crippen LogP contribution in [0.5, 0.6) is 0 Å². The van der Waals surface area contributed by atoms with Crippen LogP contribution in [0, 0.1) is 6.42 Å². The van der Waals surface area contributed by atoms with Gasteiger partial charge in [0.15, 0.2) is 0 Å². The summed E-state index contributed by atoms with van der Waals surface area (Å²) in [4.78, 5) is 9.47. The van der Waals surface area contributed by atoms with E-state index in [9.17, 15) is 18.0 Å². The van der Waals surface area contributed by atoms with E-state index in [1.807, 2.05) is 0 Å². The molecule has 0 unspecified atom stereocenters. The van der Waals surface area contributed by atoms with Gasteiger partial charge in [-0.2, -0.15) is 13.2 Å². The number of aldehydes is 1. The maximum atomic E-state index is 11.2. The Hall–Kier alpha value is -0.540. The number of hydrogen-bond donors (Lipinski definition) is 0. The lowest BCUT2D eigenvalue weighted by atomic mass is 10.2. The third kappa shape index (κ3) is 7.46. The molecule has 0 heterocycles. The van der Waals surface area contributed by atoms with Crippen LogP contribution in [0.2, 0.25) is 0 Å². The minimum atomic E-state index is -4.14. The van der Waals surface area contributed by atoms with Gasteiger partial charge < -0.3 is 4.79 Å². The van der Waals surface area contributed by atoms with Crippen LogP contribution in [-0.2, 0) is 4.79 Å². The van der Waals surface area contributed by atoms with Gasteiger partial charge in [0.05, 0.1) is 0 Å². The second-order valence-corrected chi connectivity index (χ2v) is 1.53. The quantitative estimate of drug-likeness (QED) is 0.430. The Labute approximate surface area is 50.9 Å². The second-order valence-electron chi connectivity index (χ2n) is 1.53. The van der Waals surface area contributed by atoms with Crippen molar-refractivity contribution in [2.45, 2.75) is 19.0 Å². The molecule has 0 saturated carbocycles. The standard InChI is InChI=1S/C5H6F3O/c6-5(7,8)3-1-2-4-9/h2,4H,1,3H2. The molecule has 0 spiro atoms. The van der Waals surface area contributed by atoms with Crippen LogP contribution in [0.25, 0.3) is 0 Å². The summed E-state index contributed by atoms with van der Waals surface area (Å²) in [6.45, 7) is 0. The number of halogens is 3. The van der Waals surface area contributed by atoms with Crippen molar-refractivity contribution in [1.82, 2.24) is 0 Å². The molecule has 0 bridgehead atoms. The molecule has 0 rings (SSSR count). The van der Waals surface area contributed by atoms with Crippen molar-refractivity contribution < 1.29 is 18.0 Å². The molecule has 0 fully saturated rings. The molecule has 0 amide bonds. The summed E-state index contributed by atoms with van der Waals surface area (Å²) >= 11 is 0. The lowest BCUT2D eigenvalue weighted by Crippen LogP contribution is -2.06. The monoisotopic (exact) mass is 139 g/mol. The molecule has 0 aromatic heterocycles. The van der Waals surface area contributed by atoms with Crippen molar-refractivity contribution in [3.8, 4) is 0 Å². The molecule has 0 saturated heterocycles. The summed E-state index contributed by atoms with van der Waals surface area (Å²) in [6.07, 6.45) is -3.95. The number of unbranched alkanes of at least 4 members (excludes halogenated alkanes) is 1. The Balaban J connectivity index is 3.17. The highest BCUT2D eigenvalue weighted by Gasteiger charge is 2.25. The summed E-state index contributed by atoms with van der Waals surface area (Å²) in [6, 6.07) is 0. The number of hydrogen-bond acceptors (Lipinski definition) is 1. The molecule has 0 aliphatic heterocycles. The molecular formula is C5H6F3O. The zero-order valence-electron chi connectivity index (χ0n) is 4.61. The minimum Gasteiger partial charge on any atom is -0.303 e. The predicted molar refractivity (Wildman–Crippen MR) is 25.7 cm³/mol. The fraction of sp³-hybridized carbons (Fsp3) is 0.600. The van der Waals surface area contributed by atoms with Crippen molar-refractivity contribution >= 4 is 6.29 Å². The topological polar surface area (TPSA) is 17.1 Å². The van der Waals surface area contributed by atoms with Gasteiger partial charge in [-0.15, -0.1) is 0 Å². The van der Waals surface area contributed by atoms with E-state index in [0.717, 1.165) is 6.42 Å². The highest BCUT2D eigenvalue weighted by atomic mass is 19.4. The molecule has 0 N–H and O–H groups in total. The highest BCUT2D eigenvalue weighted by molar-refractivity contribution is 5.60. The number of alkyl halides is 3. The molecule has 0 aromatic rings. The van der Waals surface area contributed by atoms with Gasteiger partial charge >= 0.3 is 6.18 Å². The normalized spacial score (nSPS) is 11.4. The maximum Gasteiger partial charge on any atom is 0.389 e. The molecule has 0 aliphatic rings. The third-order valence-electron chi connectivity index (χ3n) is 0.691. The van der Waals surface area contributed by atoms with Crippen molar-refractivity contribution in [3.05, 3.63) is 6.42 Å². The van der Waals surface area contributed by atoms with Crippen molar-refractivity contribution in [2.75, 3.05) is 0 Å². The van der Waals surface area contributed by atoms with E-state index in [2.05, 4.69) is 0 Å². The summed E-state index contributed by atoms with van der Waals surface area (Å²) in [5, 5.41) is 0. The molecule has 0 aliphatic carbocycles. The van der Waals surface area contributed by atoms with Crippen LogP contribution in [0.15, 0.2) is 0 Å². The van der Waals surface area contributed by atoms with E-state index in [-0.39, 0.29) is 6.42 Å². The summed E-state index contributed by atoms with van der Waals surface area (Å²) < 4.78 is 33.7. The fourth-order valence-electron chi connectivity index (χ4n) is 0.315. The van der Waals surface area contributed by atoms with Crippen LogP contribution < -0.4 is 0 Å². The van der Waals surface area contributed by atoms with Gasteiger partial charge in [-0.1, -0.05) is 0 Å². The molecule has 4 heteroatoms. The molecule has 0 atom stereocenters. The van der Waals surface area contributed by atoms with Crippen LogP contribution in [-0.4, -0.2) is 12.5 Å². The Morgan fingerprint density at radius 2 is 1.89 bits per heavy atom. The minimum absolute atomic E-state index is 0.215. The van der Waals surface area contributed by atoms with Crippen molar-refractivity contribution in [2.24, 2.45) is 0 Å². The lowest BCUT2D eigenvalue weighted by molar-refractivity contribution is -0.134. The van der Waals surface area contributed by atoms with E-state index in [0.29, 0.717) is 6.29 Å². The van der Waals surface area contributed by atoms with Gasteiger partial charge in [-0.3, -0.25) is 0 Å². The first-order valence-corrected chi connectivity index (χ1v) is 2.40. The average Bonchev–Trinajstić information content (AvgIpc) is 1.63. The zero-order valence-corrected chi connectivity index (χ0v) is 4.61. The van der Waals surface area contributed by atoms with Gasteiger partial charge in [0.1, 0.15) is 6.29 Å². The van der Waals surface area contributed by atoms with Crippen LogP contribution >= 0.6 is 0 Å². The van der Waals surface area contributed by atoms with Crippen LogP contribution in [0.4, 0.5) is 13.2 Å². The Morgan fingerprint density at radius 1 is 1.33 bits per heavy atom. The van der Waals surface area contributed by atoms with E-state index in [1.54, 1.807) is 0 Å². The summed E-state index contributed by atoms with van der Waals surface area (Å²) in [5.74, 6) is 0. The first-order chi connectivity index (χ1) is 4.06. The second kappa shape index (κ2) is 3.48. The molecule has 0 aromatic carbocycles. The lowest BCUT2D eigenvalue weighted by Gasteiger charge is -2.01. The molecule has 1 nitrogen and oxygen atoms in total. The molecule has 9 heavy (non-hydrogen) atoms. The first-order valence-electron chi connectivity index (χ1n) is 2.40. The number of rotatable bonds is 3. The van der Waals surface area contributed by atoms with Crippen molar-refractivity contribution in [1.29, 1.82) is 0 Å². The van der Waals surface area contributed by atoms with E-state index >= 15 is 0 Å². The first kappa shape index (κ1) is 8.46. The Bertz CT molecular complexity index is 86.7. The van der Waals surface area contributed by atoms with E-state index in [4.69, 9.17) is 0 Å². The van der Waals surface area contributed by atoms with Gasteiger partial charge in [-0.25, -0.2) is 0 Å². The highest BCUT2D eigenvalue weighted by Crippen LogP contribution is 2.21. The largest absolute Gasteiger partial charge is 0.389 e. The van der Waals surface area contributed by atoms with Gasteiger partial charge in [0, 0.05) is 12.8 Å². The van der Waals surface area contributed by atoms with Gasteiger partial charge in [0.2, 0.25) is 0 Å². The summed E-state index contributed by atoms with van der Waals surface area (Å²) in [7, 11) is 0. The Kier molecular flexibility index (Phi) is 3.27. The molecule has 1 radical (unpaired) electrons. The van der Waals surface area contributed by atoms with Crippen molar-refractivity contribution in [3.63, 3.8) is 0 Å². The SMILES string of the molecule is O=C[CH]CCC(F)(F)F. The number of carbonyl (C=O) groups excluding carboxylic acids is 1. The maximum absolute atomic E-state index is 11.2. The van der Waals surface area contributed by atoms with Crippen LogP contribution in [0.1, 0.15) is 12.8 Å². The average molecular weight is 139 g/mol. The number of carbonyl (C=O) groups is 1. The van der Waals surface area contributed by atoms with E-state index < -0.39 is 12.6 Å². The molecule has 53 valence electrons. The smallest absolute Gasteiger partial charge is 0.303 e. The van der Waals surface area contributed by atoms with Crippen LogP contribution in [0.3, 0.4) is 0 Å². The zero-order chi connectivity index (χ0) is 7.33. The van der Waals surface area contributed by atoms with E-state index in [1.165, 1.54) is 0 Å². The predicted octanol–water partition coefficient (Wildman–Crippen LogP) is 1.73. The Morgan fingerprint density at radius 3 is 2.22 bits per heavy atom. The van der Waals surface area contributed by atoms with Gasteiger partial charge in [-0.05, 0) is 6.42 Å². The summed E-state index contributed by atoms with van der Waals surface area (Å²) in [5.41, 5.74) is 0. The fourth-order valence-corrected chi connectivity index (χ4v) is 0.315. The van der Waals surface area contributed by atoms with Gasteiger partial charge in [0.25, 0.3) is 0 Å². The molecular weight excluding hydrogens is 133 g/mol.